The molecule has 0 amide bonds. The number of carbonyl (C=O) groups excluding carboxylic acids is 1. The van der Waals surface area contributed by atoms with Crippen molar-refractivity contribution in [3.05, 3.63) is 15.6 Å². The number of rotatable bonds is 2. The van der Waals surface area contributed by atoms with E-state index in [2.05, 4.69) is 4.98 Å². The Labute approximate surface area is 82.8 Å². The molecule has 0 saturated carbocycles. The number of hydrogen-bond donors (Lipinski definition) is 0. The fourth-order valence-corrected chi connectivity index (χ4v) is 1.96. The SMILES string of the molecule is Cc1nc(C(F)(F)F)sc1C(C)C=O. The Kier molecular flexibility index (Phi) is 2.94. The third-order valence-electron chi connectivity index (χ3n) is 1.69. The van der Waals surface area contributed by atoms with Gasteiger partial charge in [0, 0.05) is 10.8 Å². The number of aldehydes is 1. The molecule has 2 nitrogen and oxygen atoms in total. The third-order valence-corrected chi connectivity index (χ3v) is 3.10. The van der Waals surface area contributed by atoms with Crippen molar-refractivity contribution < 1.29 is 18.0 Å². The van der Waals surface area contributed by atoms with Gasteiger partial charge in [-0.1, -0.05) is 6.92 Å². The van der Waals surface area contributed by atoms with E-state index < -0.39 is 17.1 Å². The molecule has 0 aliphatic heterocycles. The summed E-state index contributed by atoms with van der Waals surface area (Å²) >= 11 is 0.532. The molecule has 1 heterocycles. The predicted octanol–water partition coefficient (Wildman–Crippen LogP) is 2.77. The first kappa shape index (κ1) is 11.2. The Morgan fingerprint density at radius 2 is 2.07 bits per heavy atom. The third kappa shape index (κ3) is 2.12. The Balaban J connectivity index is 3.11. The summed E-state index contributed by atoms with van der Waals surface area (Å²) < 4.78 is 36.6. The molecule has 0 aliphatic rings. The normalized spacial score (nSPS) is 14.1. The van der Waals surface area contributed by atoms with Gasteiger partial charge >= 0.3 is 6.18 Å². The standard InChI is InChI=1S/C8H8F3NOS/c1-4(3-13)6-5(2)12-7(14-6)8(9,10)11/h3-4H,1-2H3. The molecule has 1 aromatic rings. The number of carbonyl (C=O) groups is 1. The number of hydrogen-bond acceptors (Lipinski definition) is 3. The van der Waals surface area contributed by atoms with E-state index >= 15 is 0 Å². The number of halogens is 3. The lowest BCUT2D eigenvalue weighted by atomic mass is 10.1. The van der Waals surface area contributed by atoms with Gasteiger partial charge in [-0.05, 0) is 6.92 Å². The average Bonchev–Trinajstić information content (AvgIpc) is 2.45. The van der Waals surface area contributed by atoms with Gasteiger partial charge in [0.2, 0.25) is 0 Å². The molecule has 14 heavy (non-hydrogen) atoms. The van der Waals surface area contributed by atoms with Gasteiger partial charge in [0.15, 0.2) is 5.01 Å². The number of thiazole rings is 1. The summed E-state index contributed by atoms with van der Waals surface area (Å²) in [6.45, 7) is 3.02. The molecule has 1 atom stereocenters. The van der Waals surface area contributed by atoms with E-state index in [1.807, 2.05) is 0 Å². The van der Waals surface area contributed by atoms with Gasteiger partial charge in [0.1, 0.15) is 6.29 Å². The summed E-state index contributed by atoms with van der Waals surface area (Å²) in [6, 6.07) is 0. The number of nitrogens with zero attached hydrogens (tertiary/aromatic N) is 1. The average molecular weight is 223 g/mol. The van der Waals surface area contributed by atoms with Crippen molar-refractivity contribution in [2.45, 2.75) is 25.9 Å². The van der Waals surface area contributed by atoms with Crippen LogP contribution in [-0.2, 0) is 11.0 Å². The van der Waals surface area contributed by atoms with E-state index in [0.29, 0.717) is 22.5 Å². The summed E-state index contributed by atoms with van der Waals surface area (Å²) in [5, 5.41) is -0.890. The zero-order chi connectivity index (χ0) is 10.9. The Morgan fingerprint density at radius 1 is 1.50 bits per heavy atom. The zero-order valence-corrected chi connectivity index (χ0v) is 8.37. The Morgan fingerprint density at radius 3 is 2.43 bits per heavy atom. The maximum atomic E-state index is 12.2. The molecule has 6 heteroatoms. The molecule has 0 radical (unpaired) electrons. The highest BCUT2D eigenvalue weighted by atomic mass is 32.1. The highest BCUT2D eigenvalue weighted by Gasteiger charge is 2.35. The van der Waals surface area contributed by atoms with Gasteiger partial charge in [-0.2, -0.15) is 13.2 Å². The van der Waals surface area contributed by atoms with Gasteiger partial charge in [-0.15, -0.1) is 11.3 Å². The van der Waals surface area contributed by atoms with E-state index in [1.54, 1.807) is 6.92 Å². The summed E-state index contributed by atoms with van der Waals surface area (Å²) in [5.41, 5.74) is 0.280. The van der Waals surface area contributed by atoms with Crippen LogP contribution in [0.2, 0.25) is 0 Å². The minimum absolute atomic E-state index is 0.280. The molecular formula is C8H8F3NOS. The molecule has 0 saturated heterocycles. The van der Waals surface area contributed by atoms with E-state index in [9.17, 15) is 18.0 Å². The van der Waals surface area contributed by atoms with Crippen LogP contribution < -0.4 is 0 Å². The Bertz CT molecular complexity index is 345. The van der Waals surface area contributed by atoms with Crippen molar-refractivity contribution >= 4 is 17.6 Å². The van der Waals surface area contributed by atoms with Crippen LogP contribution in [0.25, 0.3) is 0 Å². The van der Waals surface area contributed by atoms with Crippen LogP contribution in [0.3, 0.4) is 0 Å². The predicted molar refractivity (Wildman–Crippen MR) is 46.3 cm³/mol. The van der Waals surface area contributed by atoms with Gasteiger partial charge in [-0.3, -0.25) is 0 Å². The topological polar surface area (TPSA) is 30.0 Å². The lowest BCUT2D eigenvalue weighted by molar-refractivity contribution is -0.137. The monoisotopic (exact) mass is 223 g/mol. The number of aromatic nitrogens is 1. The van der Waals surface area contributed by atoms with Crippen LogP contribution in [0.4, 0.5) is 13.2 Å². The molecule has 0 N–H and O–H groups in total. The van der Waals surface area contributed by atoms with Gasteiger partial charge in [0.25, 0.3) is 0 Å². The fourth-order valence-electron chi connectivity index (χ4n) is 1.01. The van der Waals surface area contributed by atoms with Crippen LogP contribution in [-0.4, -0.2) is 11.3 Å². The first-order chi connectivity index (χ1) is 6.36. The molecule has 0 bridgehead atoms. The second-order valence-electron chi connectivity index (χ2n) is 2.89. The molecule has 1 rings (SSSR count). The van der Waals surface area contributed by atoms with E-state index in [1.165, 1.54) is 6.92 Å². The van der Waals surface area contributed by atoms with Crippen LogP contribution in [0, 0.1) is 6.92 Å². The first-order valence-corrected chi connectivity index (χ1v) is 4.67. The van der Waals surface area contributed by atoms with Crippen molar-refractivity contribution in [2.24, 2.45) is 0 Å². The quantitative estimate of drug-likeness (QED) is 0.721. The summed E-state index contributed by atoms with van der Waals surface area (Å²) in [7, 11) is 0. The van der Waals surface area contributed by atoms with Crippen LogP contribution >= 0.6 is 11.3 Å². The van der Waals surface area contributed by atoms with Crippen LogP contribution in [0.15, 0.2) is 0 Å². The molecule has 0 aliphatic carbocycles. The number of aryl methyl sites for hydroxylation is 1. The fraction of sp³-hybridized carbons (Fsp3) is 0.500. The van der Waals surface area contributed by atoms with E-state index in [-0.39, 0.29) is 5.69 Å². The largest absolute Gasteiger partial charge is 0.443 e. The van der Waals surface area contributed by atoms with Crippen LogP contribution in [0.5, 0.6) is 0 Å². The van der Waals surface area contributed by atoms with Gasteiger partial charge in [0.05, 0.1) is 5.69 Å². The van der Waals surface area contributed by atoms with Crippen molar-refractivity contribution in [3.63, 3.8) is 0 Å². The second kappa shape index (κ2) is 3.68. The summed E-state index contributed by atoms with van der Waals surface area (Å²) in [4.78, 5) is 14.2. The molecule has 1 aromatic heterocycles. The maximum Gasteiger partial charge on any atom is 0.443 e. The second-order valence-corrected chi connectivity index (χ2v) is 3.92. The number of alkyl halides is 3. The highest BCUT2D eigenvalue weighted by Crippen LogP contribution is 2.36. The first-order valence-electron chi connectivity index (χ1n) is 3.86. The van der Waals surface area contributed by atoms with Crippen molar-refractivity contribution in [3.8, 4) is 0 Å². The molecule has 78 valence electrons. The van der Waals surface area contributed by atoms with Crippen LogP contribution in [0.1, 0.15) is 28.4 Å². The molecule has 1 unspecified atom stereocenters. The van der Waals surface area contributed by atoms with Crippen molar-refractivity contribution in [1.82, 2.24) is 4.98 Å². The summed E-state index contributed by atoms with van der Waals surface area (Å²) in [6.07, 6.45) is -3.81. The van der Waals surface area contributed by atoms with Gasteiger partial charge < -0.3 is 4.79 Å². The highest BCUT2D eigenvalue weighted by molar-refractivity contribution is 7.12. The van der Waals surface area contributed by atoms with E-state index in [0.717, 1.165) is 0 Å². The van der Waals surface area contributed by atoms with Crippen molar-refractivity contribution in [2.75, 3.05) is 0 Å². The van der Waals surface area contributed by atoms with E-state index in [4.69, 9.17) is 0 Å². The van der Waals surface area contributed by atoms with Crippen molar-refractivity contribution in [1.29, 1.82) is 0 Å². The lowest BCUT2D eigenvalue weighted by Gasteiger charge is -1.99. The van der Waals surface area contributed by atoms with Gasteiger partial charge in [-0.25, -0.2) is 4.98 Å². The minimum Gasteiger partial charge on any atom is -0.303 e. The minimum atomic E-state index is -4.42. The summed E-state index contributed by atoms with van der Waals surface area (Å²) in [5.74, 6) is -0.524. The molecule has 0 fully saturated rings. The smallest absolute Gasteiger partial charge is 0.303 e. The maximum absolute atomic E-state index is 12.2. The molecule has 0 aromatic carbocycles. The lowest BCUT2D eigenvalue weighted by Crippen LogP contribution is -2.03. The zero-order valence-electron chi connectivity index (χ0n) is 7.55. The molecular weight excluding hydrogens is 215 g/mol. The Hall–Kier alpha value is -0.910. The molecule has 0 spiro atoms.